The Morgan fingerprint density at radius 2 is 1.74 bits per heavy atom. The number of unbranched alkanes of at least 4 members (excludes halogenated alkanes) is 1. The van der Waals surface area contributed by atoms with Gasteiger partial charge in [-0.15, -0.1) is 0 Å². The van der Waals surface area contributed by atoms with Crippen molar-refractivity contribution in [1.82, 2.24) is 9.62 Å². The highest BCUT2D eigenvalue weighted by Gasteiger charge is 2.43. The average molecular weight is 499 g/mol. The van der Waals surface area contributed by atoms with Crippen LogP contribution in [0.2, 0.25) is 0 Å². The molecular weight excluding hydrogens is 473 g/mol. The molecule has 7 nitrogen and oxygen atoms in total. The van der Waals surface area contributed by atoms with Crippen LogP contribution in [-0.4, -0.2) is 41.8 Å². The third kappa shape index (κ3) is 5.41. The summed E-state index contributed by atoms with van der Waals surface area (Å²) in [7, 11) is -4.77. The SMILES string of the molecule is CCCC[C@@H](C(=O)O)N(C(=O)[C@@H]1Cc2ccccc2CN1)S(=O)(=O)c1ccc(C(F)(F)F)cc1. The maximum Gasteiger partial charge on any atom is 0.416 e. The minimum atomic E-state index is -4.77. The number of carbonyl (C=O) groups excluding carboxylic acids is 1. The molecule has 0 aliphatic carbocycles. The van der Waals surface area contributed by atoms with Gasteiger partial charge in [-0.25, -0.2) is 17.5 Å². The second-order valence-electron chi connectivity index (χ2n) is 8.06. The zero-order valence-electron chi connectivity index (χ0n) is 18.4. The molecule has 0 fully saturated rings. The smallest absolute Gasteiger partial charge is 0.416 e. The molecule has 2 atom stereocenters. The second-order valence-corrected chi connectivity index (χ2v) is 9.88. The number of aliphatic carboxylic acids is 1. The number of carboxylic acid groups (broad SMARTS) is 1. The number of carbonyl (C=O) groups is 2. The van der Waals surface area contributed by atoms with Crippen LogP contribution in [0.3, 0.4) is 0 Å². The highest BCUT2D eigenvalue weighted by molar-refractivity contribution is 7.89. The fourth-order valence-corrected chi connectivity index (χ4v) is 5.49. The fraction of sp³-hybridized carbons (Fsp3) is 0.391. The van der Waals surface area contributed by atoms with Crippen molar-refractivity contribution in [2.24, 2.45) is 0 Å². The normalized spacial score (nSPS) is 17.0. The molecule has 11 heteroatoms. The van der Waals surface area contributed by atoms with Crippen LogP contribution in [0.15, 0.2) is 53.4 Å². The zero-order valence-corrected chi connectivity index (χ0v) is 19.2. The van der Waals surface area contributed by atoms with Crippen molar-refractivity contribution < 1.29 is 36.3 Å². The van der Waals surface area contributed by atoms with Gasteiger partial charge in [0.25, 0.3) is 15.9 Å². The third-order valence-corrected chi connectivity index (χ3v) is 7.55. The number of amides is 1. The third-order valence-electron chi connectivity index (χ3n) is 5.73. The van der Waals surface area contributed by atoms with E-state index in [1.54, 1.807) is 19.1 Å². The summed E-state index contributed by atoms with van der Waals surface area (Å²) in [6, 6.07) is 7.22. The summed E-state index contributed by atoms with van der Waals surface area (Å²) < 4.78 is 66.1. The van der Waals surface area contributed by atoms with Crippen molar-refractivity contribution in [2.75, 3.05) is 0 Å². The fourth-order valence-electron chi connectivity index (χ4n) is 3.89. The lowest BCUT2D eigenvalue weighted by molar-refractivity contribution is -0.147. The summed E-state index contributed by atoms with van der Waals surface area (Å²) >= 11 is 0. The molecule has 1 amide bonds. The van der Waals surface area contributed by atoms with Crippen LogP contribution in [0.1, 0.15) is 42.9 Å². The van der Waals surface area contributed by atoms with E-state index in [0.29, 0.717) is 29.3 Å². The summed E-state index contributed by atoms with van der Waals surface area (Å²) in [4.78, 5) is 25.0. The molecule has 0 saturated heterocycles. The molecule has 1 heterocycles. The van der Waals surface area contributed by atoms with Crippen molar-refractivity contribution in [3.05, 3.63) is 65.2 Å². The lowest BCUT2D eigenvalue weighted by Gasteiger charge is -2.33. The van der Waals surface area contributed by atoms with Crippen molar-refractivity contribution in [3.63, 3.8) is 0 Å². The molecule has 2 N–H and O–H groups in total. The monoisotopic (exact) mass is 498 g/mol. The first-order valence-electron chi connectivity index (χ1n) is 10.7. The van der Waals surface area contributed by atoms with Gasteiger partial charge in [0.15, 0.2) is 0 Å². The summed E-state index contributed by atoms with van der Waals surface area (Å²) in [6.07, 6.45) is -3.76. The first-order chi connectivity index (χ1) is 16.0. The summed E-state index contributed by atoms with van der Waals surface area (Å²) in [5.41, 5.74) is 0.701. The Morgan fingerprint density at radius 3 is 2.29 bits per heavy atom. The first kappa shape index (κ1) is 25.7. The van der Waals surface area contributed by atoms with Crippen molar-refractivity contribution in [1.29, 1.82) is 0 Å². The molecule has 2 aromatic carbocycles. The van der Waals surface area contributed by atoms with E-state index in [0.717, 1.165) is 23.3 Å². The quantitative estimate of drug-likeness (QED) is 0.577. The number of benzene rings is 2. The van der Waals surface area contributed by atoms with E-state index in [1.165, 1.54) is 0 Å². The van der Waals surface area contributed by atoms with Crippen LogP contribution in [-0.2, 0) is 38.8 Å². The van der Waals surface area contributed by atoms with Crippen LogP contribution in [0, 0.1) is 0 Å². The average Bonchev–Trinajstić information content (AvgIpc) is 2.80. The van der Waals surface area contributed by atoms with Gasteiger partial charge >= 0.3 is 12.1 Å². The van der Waals surface area contributed by atoms with Crippen molar-refractivity contribution in [2.45, 2.75) is 62.3 Å². The van der Waals surface area contributed by atoms with Gasteiger partial charge in [0.2, 0.25) is 0 Å². The number of rotatable bonds is 8. The Bertz CT molecular complexity index is 1150. The number of nitrogens with one attached hydrogen (secondary N) is 1. The van der Waals surface area contributed by atoms with Gasteiger partial charge in [-0.2, -0.15) is 13.2 Å². The molecule has 34 heavy (non-hydrogen) atoms. The number of halogens is 3. The van der Waals surface area contributed by atoms with E-state index in [-0.39, 0.29) is 19.4 Å². The number of nitrogens with zero attached hydrogens (tertiary/aromatic N) is 1. The van der Waals surface area contributed by atoms with E-state index in [1.807, 2.05) is 12.1 Å². The van der Waals surface area contributed by atoms with Gasteiger partial charge < -0.3 is 10.4 Å². The molecule has 0 unspecified atom stereocenters. The lowest BCUT2D eigenvalue weighted by Crippen LogP contribution is -2.56. The standard InChI is InChI=1S/C23H25F3N2O5S/c1-2-3-8-20(22(30)31)28(21(29)19-13-15-6-4-5-7-16(15)14-27-19)34(32,33)18-11-9-17(10-12-18)23(24,25)26/h4-7,9-12,19-20,27H,2-3,8,13-14H2,1H3,(H,30,31)/t19-,20-/m0/s1. The van der Waals surface area contributed by atoms with E-state index < -0.39 is 50.6 Å². The zero-order chi connectivity index (χ0) is 25.1. The molecule has 0 saturated carbocycles. The van der Waals surface area contributed by atoms with Gasteiger partial charge in [0.05, 0.1) is 16.5 Å². The molecule has 1 aliphatic rings. The number of hydrogen-bond donors (Lipinski definition) is 2. The topological polar surface area (TPSA) is 104 Å². The van der Waals surface area contributed by atoms with E-state index in [2.05, 4.69) is 5.32 Å². The highest BCUT2D eigenvalue weighted by Crippen LogP contribution is 2.31. The van der Waals surface area contributed by atoms with Gasteiger partial charge in [0, 0.05) is 6.54 Å². The number of hydrogen-bond acceptors (Lipinski definition) is 5. The minimum absolute atomic E-state index is 0.124. The molecule has 1 aliphatic heterocycles. The highest BCUT2D eigenvalue weighted by atomic mass is 32.2. The summed E-state index contributed by atoms with van der Waals surface area (Å²) in [5, 5.41) is 12.8. The number of alkyl halides is 3. The Labute approximate surface area is 195 Å². The lowest BCUT2D eigenvalue weighted by atomic mass is 9.95. The number of fused-ring (bicyclic) bond motifs is 1. The predicted octanol–water partition coefficient (Wildman–Crippen LogP) is 3.58. The first-order valence-corrected chi connectivity index (χ1v) is 12.2. The molecular formula is C23H25F3N2O5S. The van der Waals surface area contributed by atoms with Crippen molar-refractivity contribution >= 4 is 21.9 Å². The van der Waals surface area contributed by atoms with Crippen LogP contribution >= 0.6 is 0 Å². The Kier molecular flexibility index (Phi) is 7.67. The molecule has 2 aromatic rings. The van der Waals surface area contributed by atoms with Crippen LogP contribution in [0.25, 0.3) is 0 Å². The minimum Gasteiger partial charge on any atom is -0.480 e. The maximum atomic E-state index is 13.5. The predicted molar refractivity (Wildman–Crippen MR) is 117 cm³/mol. The Balaban J connectivity index is 2.02. The molecule has 0 aromatic heterocycles. The molecule has 3 rings (SSSR count). The molecule has 0 bridgehead atoms. The van der Waals surface area contributed by atoms with Gasteiger partial charge in [-0.1, -0.05) is 44.0 Å². The summed E-state index contributed by atoms with van der Waals surface area (Å²) in [6.45, 7) is 2.07. The Morgan fingerprint density at radius 1 is 1.12 bits per heavy atom. The van der Waals surface area contributed by atoms with Crippen molar-refractivity contribution in [3.8, 4) is 0 Å². The second kappa shape index (κ2) is 10.1. The van der Waals surface area contributed by atoms with Crippen LogP contribution < -0.4 is 5.32 Å². The van der Waals surface area contributed by atoms with E-state index in [9.17, 15) is 36.3 Å². The molecule has 0 radical (unpaired) electrons. The summed E-state index contributed by atoms with van der Waals surface area (Å²) in [5.74, 6) is -2.47. The number of sulfonamides is 1. The van der Waals surface area contributed by atoms with Crippen LogP contribution in [0.5, 0.6) is 0 Å². The number of carboxylic acids is 1. The van der Waals surface area contributed by atoms with Crippen LogP contribution in [0.4, 0.5) is 13.2 Å². The van der Waals surface area contributed by atoms with Gasteiger partial charge in [-0.3, -0.25) is 4.79 Å². The van der Waals surface area contributed by atoms with E-state index >= 15 is 0 Å². The van der Waals surface area contributed by atoms with E-state index in [4.69, 9.17) is 0 Å². The molecule has 0 spiro atoms. The molecule has 184 valence electrons. The van der Waals surface area contributed by atoms with Gasteiger partial charge in [-0.05, 0) is 48.2 Å². The largest absolute Gasteiger partial charge is 0.480 e. The maximum absolute atomic E-state index is 13.5. The Hall–Kier alpha value is -2.92. The van der Waals surface area contributed by atoms with Gasteiger partial charge in [0.1, 0.15) is 6.04 Å².